The van der Waals surface area contributed by atoms with Crippen molar-refractivity contribution in [2.24, 2.45) is 5.92 Å². The van der Waals surface area contributed by atoms with E-state index in [1.807, 2.05) is 19.1 Å². The number of piperidine rings is 1. The van der Waals surface area contributed by atoms with Gasteiger partial charge in [0.1, 0.15) is 28.7 Å². The predicted molar refractivity (Wildman–Crippen MR) is 163 cm³/mol. The van der Waals surface area contributed by atoms with Crippen molar-refractivity contribution in [1.82, 2.24) is 4.90 Å². The lowest BCUT2D eigenvalue weighted by Crippen LogP contribution is -2.48. The number of hydrogen-bond donors (Lipinski definition) is 2. The molecule has 0 atom stereocenters. The highest BCUT2D eigenvalue weighted by atomic mass is 32.2. The van der Waals surface area contributed by atoms with Gasteiger partial charge in [0, 0.05) is 43.2 Å². The fourth-order valence-electron chi connectivity index (χ4n) is 4.91. The van der Waals surface area contributed by atoms with Crippen molar-refractivity contribution in [3.8, 4) is 28.7 Å². The van der Waals surface area contributed by atoms with Gasteiger partial charge in [-0.15, -0.1) is 0 Å². The third-order valence-corrected chi connectivity index (χ3v) is 8.05. The molecule has 42 heavy (non-hydrogen) atoms. The molecule has 10 heteroatoms. The van der Waals surface area contributed by atoms with Crippen molar-refractivity contribution in [2.75, 3.05) is 31.3 Å². The van der Waals surface area contributed by atoms with Crippen LogP contribution in [0.5, 0.6) is 28.7 Å². The van der Waals surface area contributed by atoms with E-state index in [-0.39, 0.29) is 10.9 Å². The van der Waals surface area contributed by atoms with E-state index in [1.54, 1.807) is 47.4 Å². The number of amides is 2. The van der Waals surface area contributed by atoms with Gasteiger partial charge in [-0.3, -0.25) is 0 Å². The van der Waals surface area contributed by atoms with Gasteiger partial charge in [-0.25, -0.2) is 13.2 Å². The van der Waals surface area contributed by atoms with Crippen LogP contribution in [0.3, 0.4) is 0 Å². The number of likely N-dealkylation sites (tertiary alicyclic amines) is 1. The fourth-order valence-corrected chi connectivity index (χ4v) is 5.54. The summed E-state index contributed by atoms with van der Waals surface area (Å²) in [6, 6.07) is 18.1. The summed E-state index contributed by atoms with van der Waals surface area (Å²) in [5, 5.41) is 13.8. The highest BCUT2D eigenvalue weighted by Gasteiger charge is 2.34. The Labute approximate surface area is 248 Å². The minimum atomic E-state index is -3.34. The van der Waals surface area contributed by atoms with Gasteiger partial charge in [0.25, 0.3) is 0 Å². The van der Waals surface area contributed by atoms with Crippen molar-refractivity contribution < 1.29 is 32.5 Å². The molecule has 0 bridgehead atoms. The van der Waals surface area contributed by atoms with Gasteiger partial charge in [-0.05, 0) is 80.1 Å². The van der Waals surface area contributed by atoms with Gasteiger partial charge in [0.05, 0.1) is 17.1 Å². The second-order valence-electron chi connectivity index (χ2n) is 11.2. The molecule has 0 saturated carbocycles. The maximum absolute atomic E-state index is 13.2. The van der Waals surface area contributed by atoms with Gasteiger partial charge in [-0.2, -0.15) is 0 Å². The Balaban J connectivity index is 1.52. The Kier molecular flexibility index (Phi) is 10.0. The number of rotatable bonds is 11. The summed E-state index contributed by atoms with van der Waals surface area (Å²) in [5.41, 5.74) is -0.282. The minimum absolute atomic E-state index is 0.188. The fraction of sp³-hybridized carbons (Fsp3) is 0.406. The topological polar surface area (TPSA) is 114 Å². The van der Waals surface area contributed by atoms with E-state index in [0.717, 1.165) is 18.4 Å². The number of nitrogens with one attached hydrogen (secondary N) is 1. The van der Waals surface area contributed by atoms with Gasteiger partial charge < -0.3 is 29.5 Å². The lowest BCUT2D eigenvalue weighted by atomic mass is 9.84. The van der Waals surface area contributed by atoms with Crippen molar-refractivity contribution in [3.63, 3.8) is 0 Å². The van der Waals surface area contributed by atoms with Crippen molar-refractivity contribution in [1.29, 1.82) is 0 Å². The molecule has 1 heterocycles. The Morgan fingerprint density at radius 3 is 1.93 bits per heavy atom. The summed E-state index contributed by atoms with van der Waals surface area (Å²) in [7, 11) is -3.34. The summed E-state index contributed by atoms with van der Waals surface area (Å²) < 4.78 is 41.4. The van der Waals surface area contributed by atoms with Crippen LogP contribution in [-0.2, 0) is 9.84 Å². The van der Waals surface area contributed by atoms with E-state index >= 15 is 0 Å². The lowest BCUT2D eigenvalue weighted by molar-refractivity contribution is -0.0268. The highest BCUT2D eigenvalue weighted by molar-refractivity contribution is 7.90. The number of urea groups is 1. The molecule has 0 aromatic heterocycles. The monoisotopic (exact) mass is 596 g/mol. The SMILES string of the molecule is CCCOc1ccc(Oc2cc(NC(=O)N3CCC(O)(CC(C)C)CC3)cc(Oc3ccc(S(C)(=O)=O)cc3)c2)cc1. The van der Waals surface area contributed by atoms with Crippen molar-refractivity contribution in [2.45, 2.75) is 57.0 Å². The maximum Gasteiger partial charge on any atom is 0.321 e. The summed E-state index contributed by atoms with van der Waals surface area (Å²) in [6.45, 7) is 7.74. The molecule has 3 aromatic carbocycles. The molecule has 1 fully saturated rings. The van der Waals surface area contributed by atoms with E-state index in [9.17, 15) is 18.3 Å². The lowest BCUT2D eigenvalue weighted by Gasteiger charge is -2.39. The third-order valence-electron chi connectivity index (χ3n) is 6.92. The molecule has 9 nitrogen and oxygen atoms in total. The van der Waals surface area contributed by atoms with Crippen LogP contribution >= 0.6 is 0 Å². The van der Waals surface area contributed by atoms with E-state index in [1.165, 1.54) is 12.1 Å². The van der Waals surface area contributed by atoms with E-state index in [4.69, 9.17) is 14.2 Å². The Morgan fingerprint density at radius 1 is 0.905 bits per heavy atom. The second kappa shape index (κ2) is 13.5. The van der Waals surface area contributed by atoms with Crippen LogP contribution in [0.1, 0.15) is 46.5 Å². The first-order chi connectivity index (χ1) is 19.9. The molecule has 3 aromatic rings. The van der Waals surface area contributed by atoms with Crippen molar-refractivity contribution >= 4 is 21.6 Å². The van der Waals surface area contributed by atoms with E-state index < -0.39 is 15.4 Å². The molecule has 0 radical (unpaired) electrons. The van der Waals surface area contributed by atoms with E-state index in [0.29, 0.717) is 73.6 Å². The first kappa shape index (κ1) is 31.2. The molecule has 1 aliphatic rings. The molecule has 2 N–H and O–H groups in total. The second-order valence-corrected chi connectivity index (χ2v) is 13.2. The van der Waals surface area contributed by atoms with Gasteiger partial charge in [0.15, 0.2) is 9.84 Å². The molecule has 0 spiro atoms. The number of carbonyl (C=O) groups is 1. The predicted octanol–water partition coefficient (Wildman–Crippen LogP) is 6.87. The van der Waals surface area contributed by atoms with Crippen LogP contribution in [0.2, 0.25) is 0 Å². The van der Waals surface area contributed by atoms with Gasteiger partial charge in [-0.1, -0.05) is 20.8 Å². The van der Waals surface area contributed by atoms with Crippen molar-refractivity contribution in [3.05, 3.63) is 66.7 Å². The third kappa shape index (κ3) is 8.87. The van der Waals surface area contributed by atoms with Crippen LogP contribution in [-0.4, -0.2) is 56.0 Å². The summed E-state index contributed by atoms with van der Waals surface area (Å²) in [5.74, 6) is 2.94. The number of benzene rings is 3. The minimum Gasteiger partial charge on any atom is -0.494 e. The number of sulfone groups is 1. The first-order valence-electron chi connectivity index (χ1n) is 14.2. The number of carbonyl (C=O) groups excluding carboxylic acids is 1. The quantitative estimate of drug-likeness (QED) is 0.248. The Bertz CT molecular complexity index is 1450. The molecule has 1 aliphatic heterocycles. The van der Waals surface area contributed by atoms with Crippen LogP contribution < -0.4 is 19.5 Å². The highest BCUT2D eigenvalue weighted by Crippen LogP contribution is 2.34. The Morgan fingerprint density at radius 2 is 1.43 bits per heavy atom. The molecule has 4 rings (SSSR count). The largest absolute Gasteiger partial charge is 0.494 e. The standard InChI is InChI=1S/C32H40N2O7S/c1-5-18-39-25-6-8-26(9-7-25)40-28-19-24(33-31(35)34-16-14-32(36,15-17-34)22-23(2)3)20-29(21-28)41-27-10-12-30(13-11-27)42(4,37)38/h6-13,19-21,23,36H,5,14-18,22H2,1-4H3,(H,33,35). The zero-order valence-electron chi connectivity index (χ0n) is 24.6. The number of hydrogen-bond acceptors (Lipinski definition) is 7. The molecule has 2 amide bonds. The number of nitrogens with zero attached hydrogens (tertiary/aromatic N) is 1. The normalized spacial score (nSPS) is 14.9. The van der Waals surface area contributed by atoms with Crippen LogP contribution in [0.25, 0.3) is 0 Å². The zero-order chi connectivity index (χ0) is 30.3. The summed E-state index contributed by atoms with van der Waals surface area (Å²) in [4.78, 5) is 15.1. The molecular weight excluding hydrogens is 556 g/mol. The maximum atomic E-state index is 13.2. The smallest absolute Gasteiger partial charge is 0.321 e. The van der Waals surface area contributed by atoms with Crippen LogP contribution in [0, 0.1) is 5.92 Å². The van der Waals surface area contributed by atoms with Crippen LogP contribution in [0.4, 0.5) is 10.5 Å². The first-order valence-corrected chi connectivity index (χ1v) is 16.1. The van der Waals surface area contributed by atoms with Crippen LogP contribution in [0.15, 0.2) is 71.6 Å². The van der Waals surface area contributed by atoms with E-state index in [2.05, 4.69) is 19.2 Å². The summed E-state index contributed by atoms with van der Waals surface area (Å²) in [6.07, 6.45) is 3.82. The average Bonchev–Trinajstić information content (AvgIpc) is 2.92. The average molecular weight is 597 g/mol. The molecule has 0 unspecified atom stereocenters. The van der Waals surface area contributed by atoms with Gasteiger partial charge >= 0.3 is 6.03 Å². The summed E-state index contributed by atoms with van der Waals surface area (Å²) >= 11 is 0. The Hall–Kier alpha value is -3.76. The van der Waals surface area contributed by atoms with Gasteiger partial charge in [0.2, 0.25) is 0 Å². The molecule has 226 valence electrons. The molecule has 1 saturated heterocycles. The molecular formula is C32H40N2O7S. The molecule has 0 aliphatic carbocycles. The zero-order valence-corrected chi connectivity index (χ0v) is 25.4. The number of anilines is 1. The number of ether oxygens (including phenoxy) is 3. The number of aliphatic hydroxyl groups is 1.